The van der Waals surface area contributed by atoms with Crippen LogP contribution in [0, 0.1) is 5.92 Å². The molecule has 0 spiro atoms. The molecule has 1 aliphatic carbocycles. The maximum atomic E-state index is 14.0. The van der Waals surface area contributed by atoms with Crippen LogP contribution in [0.1, 0.15) is 28.2 Å². The van der Waals surface area contributed by atoms with E-state index < -0.39 is 15.8 Å². The highest BCUT2D eigenvalue weighted by Gasteiger charge is 2.40. The minimum Gasteiger partial charge on any atom is -0.475 e. The third-order valence-corrected chi connectivity index (χ3v) is 6.43. The van der Waals surface area contributed by atoms with Crippen LogP contribution in [0.2, 0.25) is 0 Å². The molecule has 30 heavy (non-hydrogen) atoms. The van der Waals surface area contributed by atoms with Crippen molar-refractivity contribution in [3.63, 3.8) is 0 Å². The fourth-order valence-corrected chi connectivity index (χ4v) is 4.64. The van der Waals surface area contributed by atoms with Crippen LogP contribution in [-0.2, 0) is 12.8 Å². The molecule has 1 aromatic carbocycles. The highest BCUT2D eigenvalue weighted by molar-refractivity contribution is 14.1. The zero-order valence-electron chi connectivity index (χ0n) is 15.6. The van der Waals surface area contributed by atoms with E-state index in [1.807, 2.05) is 36.4 Å². The second kappa shape index (κ2) is 6.97. The Hall–Kier alpha value is -2.62. The monoisotopic (exact) mass is 523 g/mol. The third kappa shape index (κ3) is 3.23. The molecular weight excluding hydrogens is 507 g/mol. The molecule has 0 aliphatic heterocycles. The highest BCUT2D eigenvalue weighted by Crippen LogP contribution is 2.43. The van der Waals surface area contributed by atoms with Crippen LogP contribution in [0.5, 0.6) is 0 Å². The maximum absolute atomic E-state index is 14.0. The predicted octanol–water partition coefficient (Wildman–Crippen LogP) is 6.31. The molecule has 0 radical (unpaired) electrons. The number of fused-ring (bicyclic) bond motifs is 2. The smallest absolute Gasteiger partial charge is 0.371 e. The van der Waals surface area contributed by atoms with Crippen LogP contribution < -0.4 is 0 Å². The lowest BCUT2D eigenvalue weighted by Crippen LogP contribution is -2.27. The number of carboxylic acids is 1. The highest BCUT2D eigenvalue weighted by atomic mass is 127. The lowest BCUT2D eigenvalue weighted by Gasteiger charge is -2.27. The normalized spacial score (nSPS) is 16.7. The zero-order chi connectivity index (χ0) is 21.0. The molecule has 154 valence electrons. The molecule has 0 saturated carbocycles. The molecule has 0 fully saturated rings. The number of carboxylic acid groups (broad SMARTS) is 1. The van der Waals surface area contributed by atoms with E-state index in [1.54, 1.807) is 10.6 Å². The van der Waals surface area contributed by atoms with E-state index in [1.165, 1.54) is 28.7 Å². The molecule has 1 aliphatic rings. The fraction of sp³-hybridized carbons (Fsp3) is 0.227. The lowest BCUT2D eigenvalue weighted by molar-refractivity contribution is 0.0498. The molecule has 0 amide bonds. The largest absolute Gasteiger partial charge is 0.475 e. The Morgan fingerprint density at radius 3 is 2.67 bits per heavy atom. The zero-order valence-corrected chi connectivity index (χ0v) is 17.7. The molecule has 0 saturated heterocycles. The Balaban J connectivity index is 1.69. The van der Waals surface area contributed by atoms with Crippen molar-refractivity contribution in [2.45, 2.75) is 23.2 Å². The van der Waals surface area contributed by atoms with Gasteiger partial charge in [-0.15, -0.1) is 0 Å². The van der Waals surface area contributed by atoms with Crippen molar-refractivity contribution >= 4 is 39.5 Å². The van der Waals surface area contributed by atoms with E-state index in [4.69, 9.17) is 8.83 Å². The van der Waals surface area contributed by atoms with E-state index in [9.17, 15) is 18.7 Å². The molecular formula is C22H16F2INO4. The molecule has 1 atom stereocenters. The van der Waals surface area contributed by atoms with Crippen LogP contribution in [0.15, 0.2) is 57.4 Å². The molecule has 3 aromatic heterocycles. The van der Waals surface area contributed by atoms with Crippen molar-refractivity contribution in [3.8, 4) is 17.3 Å². The maximum Gasteiger partial charge on any atom is 0.371 e. The van der Waals surface area contributed by atoms with Gasteiger partial charge in [0, 0.05) is 23.1 Å². The SMILES string of the molecule is O=C(O)c1ccc(-n2c(-c3cc4ccccc4o3)cc3c2CCC(C(F)(F)I)C3)o1. The molecule has 0 bridgehead atoms. The molecule has 5 nitrogen and oxygen atoms in total. The van der Waals surface area contributed by atoms with E-state index in [-0.39, 0.29) is 12.2 Å². The van der Waals surface area contributed by atoms with E-state index in [0.29, 0.717) is 35.8 Å². The van der Waals surface area contributed by atoms with Gasteiger partial charge in [0.25, 0.3) is 3.93 Å². The lowest BCUT2D eigenvalue weighted by atomic mass is 9.88. The van der Waals surface area contributed by atoms with Gasteiger partial charge < -0.3 is 13.9 Å². The summed E-state index contributed by atoms with van der Waals surface area (Å²) in [4.78, 5) is 11.3. The summed E-state index contributed by atoms with van der Waals surface area (Å²) in [6.07, 6.45) is 0.999. The van der Waals surface area contributed by atoms with Crippen LogP contribution in [0.3, 0.4) is 0 Å². The third-order valence-electron chi connectivity index (χ3n) is 5.55. The fourth-order valence-electron chi connectivity index (χ4n) is 4.11. The quantitative estimate of drug-likeness (QED) is 0.251. The molecule has 5 rings (SSSR count). The van der Waals surface area contributed by atoms with Crippen LogP contribution in [0.25, 0.3) is 28.3 Å². The molecule has 3 heterocycles. The van der Waals surface area contributed by atoms with Gasteiger partial charge in [-0.05, 0) is 71.7 Å². The number of para-hydroxylation sites is 1. The van der Waals surface area contributed by atoms with E-state index >= 15 is 0 Å². The first-order chi connectivity index (χ1) is 14.3. The summed E-state index contributed by atoms with van der Waals surface area (Å²) in [5.41, 5.74) is 3.00. The van der Waals surface area contributed by atoms with Gasteiger partial charge in [0.05, 0.1) is 5.69 Å². The summed E-state index contributed by atoms with van der Waals surface area (Å²) >= 11 is 1.21. The minimum atomic E-state index is -2.79. The van der Waals surface area contributed by atoms with Crippen molar-refractivity contribution in [2.75, 3.05) is 0 Å². The average Bonchev–Trinajstić information content (AvgIpc) is 3.41. The van der Waals surface area contributed by atoms with E-state index in [2.05, 4.69) is 0 Å². The Kier molecular flexibility index (Phi) is 4.49. The second-order valence-electron chi connectivity index (χ2n) is 7.41. The Bertz CT molecular complexity index is 1230. The summed E-state index contributed by atoms with van der Waals surface area (Å²) in [6, 6.07) is 14.3. The summed E-state index contributed by atoms with van der Waals surface area (Å²) in [5.74, 6) is -1.22. The van der Waals surface area contributed by atoms with Gasteiger partial charge in [-0.3, -0.25) is 4.57 Å². The number of alkyl halides is 3. The number of aromatic carboxylic acids is 1. The number of furan rings is 2. The number of carbonyl (C=O) groups is 1. The van der Waals surface area contributed by atoms with Gasteiger partial charge in [0.2, 0.25) is 11.6 Å². The van der Waals surface area contributed by atoms with Crippen molar-refractivity contribution < 1.29 is 27.5 Å². The number of halogens is 3. The summed E-state index contributed by atoms with van der Waals surface area (Å²) in [5, 5.41) is 10.2. The summed E-state index contributed by atoms with van der Waals surface area (Å²) in [7, 11) is 0. The van der Waals surface area contributed by atoms with Crippen molar-refractivity contribution in [3.05, 3.63) is 65.5 Å². The number of hydrogen-bond donors (Lipinski definition) is 1. The minimum absolute atomic E-state index is 0.185. The summed E-state index contributed by atoms with van der Waals surface area (Å²) in [6.45, 7) is 0. The van der Waals surface area contributed by atoms with Gasteiger partial charge in [-0.1, -0.05) is 18.2 Å². The van der Waals surface area contributed by atoms with Crippen molar-refractivity contribution in [2.24, 2.45) is 5.92 Å². The number of aromatic nitrogens is 1. The van der Waals surface area contributed by atoms with E-state index in [0.717, 1.165) is 16.6 Å². The Morgan fingerprint density at radius 1 is 1.17 bits per heavy atom. The van der Waals surface area contributed by atoms with Gasteiger partial charge in [-0.25, -0.2) is 4.79 Å². The van der Waals surface area contributed by atoms with Gasteiger partial charge in [0.1, 0.15) is 5.58 Å². The van der Waals surface area contributed by atoms with Gasteiger partial charge in [0.15, 0.2) is 5.76 Å². The van der Waals surface area contributed by atoms with Crippen LogP contribution >= 0.6 is 22.6 Å². The number of rotatable bonds is 4. The first-order valence-electron chi connectivity index (χ1n) is 9.44. The standard InChI is InChI=1S/C22H16F2INO4/c23-22(24,25)14-5-6-15-13(9-14)10-16(19-11-12-3-1-2-4-17(12)29-19)26(15)20-8-7-18(30-20)21(27)28/h1-4,7-8,10-11,14H,5-6,9H2,(H,27,28). The Morgan fingerprint density at radius 2 is 1.97 bits per heavy atom. The Labute approximate surface area is 183 Å². The molecule has 1 N–H and O–H groups in total. The second-order valence-corrected chi connectivity index (χ2v) is 8.85. The number of hydrogen-bond acceptors (Lipinski definition) is 3. The molecule has 4 aromatic rings. The molecule has 8 heteroatoms. The first kappa shape index (κ1) is 19.3. The number of benzene rings is 1. The van der Waals surface area contributed by atoms with Gasteiger partial charge in [-0.2, -0.15) is 8.78 Å². The first-order valence-corrected chi connectivity index (χ1v) is 10.5. The average molecular weight is 523 g/mol. The molecule has 1 unspecified atom stereocenters. The number of nitrogens with zero attached hydrogens (tertiary/aromatic N) is 1. The topological polar surface area (TPSA) is 68.5 Å². The van der Waals surface area contributed by atoms with Crippen LogP contribution in [-0.4, -0.2) is 19.6 Å². The summed E-state index contributed by atoms with van der Waals surface area (Å²) < 4.78 is 38.5. The van der Waals surface area contributed by atoms with Crippen molar-refractivity contribution in [1.29, 1.82) is 0 Å². The predicted molar refractivity (Wildman–Crippen MR) is 115 cm³/mol. The van der Waals surface area contributed by atoms with Crippen molar-refractivity contribution in [1.82, 2.24) is 4.57 Å². The van der Waals surface area contributed by atoms with Gasteiger partial charge >= 0.3 is 5.97 Å². The van der Waals surface area contributed by atoms with Crippen LogP contribution in [0.4, 0.5) is 8.78 Å².